The maximum absolute atomic E-state index is 14.0. The fraction of sp³-hybridized carbons (Fsp3) is 0.414. The van der Waals surface area contributed by atoms with E-state index >= 15 is 0 Å². The number of methoxy groups -OCH3 is 1. The van der Waals surface area contributed by atoms with Crippen molar-refractivity contribution in [2.75, 3.05) is 18.2 Å². The zero-order chi connectivity index (χ0) is 28.0. The Morgan fingerprint density at radius 2 is 1.84 bits per heavy atom. The van der Waals surface area contributed by atoms with Crippen molar-refractivity contribution >= 4 is 42.3 Å². The first-order chi connectivity index (χ1) is 18.0. The van der Waals surface area contributed by atoms with Gasteiger partial charge in [0.25, 0.3) is 5.91 Å². The summed E-state index contributed by atoms with van der Waals surface area (Å²) in [6, 6.07) is 12.2. The number of carbonyl (C=O) groups is 3. The van der Waals surface area contributed by atoms with Gasteiger partial charge in [-0.25, -0.2) is 4.79 Å². The highest BCUT2D eigenvalue weighted by Gasteiger charge is 2.48. The van der Waals surface area contributed by atoms with Crippen LogP contribution in [0, 0.1) is 5.92 Å². The predicted molar refractivity (Wildman–Crippen MR) is 152 cm³/mol. The van der Waals surface area contributed by atoms with Gasteiger partial charge >= 0.3 is 6.09 Å². The number of nitrogens with zero attached hydrogens (tertiary/aromatic N) is 1. The van der Waals surface area contributed by atoms with Crippen molar-refractivity contribution in [3.05, 3.63) is 66.2 Å². The fourth-order valence-electron chi connectivity index (χ4n) is 4.17. The topological polar surface area (TPSA) is 97.0 Å². The Labute approximate surface area is 230 Å². The summed E-state index contributed by atoms with van der Waals surface area (Å²) in [6.45, 7) is 11.1. The summed E-state index contributed by atoms with van der Waals surface area (Å²) >= 11 is 4.34. The molecule has 4 unspecified atom stereocenters. The van der Waals surface area contributed by atoms with Crippen LogP contribution in [-0.4, -0.2) is 53.4 Å². The Balaban J connectivity index is 1.99. The molecule has 1 fully saturated rings. The smallest absolute Gasteiger partial charge is 0.408 e. The lowest BCUT2D eigenvalue weighted by Crippen LogP contribution is -2.54. The molecule has 1 aliphatic rings. The van der Waals surface area contributed by atoms with Crippen molar-refractivity contribution in [2.45, 2.75) is 57.8 Å². The van der Waals surface area contributed by atoms with Gasteiger partial charge in [-0.3, -0.25) is 9.59 Å². The molecular weight excluding hydrogens is 502 g/mol. The van der Waals surface area contributed by atoms with E-state index in [1.54, 1.807) is 63.1 Å². The molecule has 3 rings (SSSR count). The van der Waals surface area contributed by atoms with Crippen molar-refractivity contribution in [3.8, 4) is 5.75 Å². The maximum Gasteiger partial charge on any atom is 0.408 e. The second-order valence-electron chi connectivity index (χ2n) is 10.4. The normalized spacial score (nSPS) is 17.9. The lowest BCUT2D eigenvalue weighted by Gasteiger charge is -2.35. The average molecular weight is 540 g/mol. The van der Waals surface area contributed by atoms with Crippen molar-refractivity contribution < 1.29 is 23.9 Å². The summed E-state index contributed by atoms with van der Waals surface area (Å²) in [5.74, 6) is 0.111. The number of ether oxygens (including phenoxy) is 2. The lowest BCUT2D eigenvalue weighted by atomic mass is 10.00. The summed E-state index contributed by atoms with van der Waals surface area (Å²) in [5, 5.41) is 5.59. The van der Waals surface area contributed by atoms with Crippen LogP contribution in [0.5, 0.6) is 5.75 Å². The molecule has 8 nitrogen and oxygen atoms in total. The van der Waals surface area contributed by atoms with Gasteiger partial charge in [-0.15, -0.1) is 0 Å². The molecule has 2 N–H and O–H groups in total. The molecule has 0 saturated heterocycles. The number of amides is 3. The number of rotatable bonds is 10. The zero-order valence-corrected chi connectivity index (χ0v) is 23.5. The van der Waals surface area contributed by atoms with Gasteiger partial charge in [0.05, 0.1) is 7.11 Å². The van der Waals surface area contributed by atoms with Crippen LogP contribution in [0.15, 0.2) is 55.1 Å². The van der Waals surface area contributed by atoms with Gasteiger partial charge in [0.2, 0.25) is 5.91 Å². The van der Waals surface area contributed by atoms with Crippen LogP contribution in [0.4, 0.5) is 10.5 Å². The number of hydrogen-bond donors (Lipinski definition) is 3. The first kappa shape index (κ1) is 29.1. The molecule has 0 radical (unpaired) electrons. The largest absolute Gasteiger partial charge is 0.497 e. The Morgan fingerprint density at radius 3 is 2.37 bits per heavy atom. The number of alkyl carbamates (subject to hydrolysis) is 1. The van der Waals surface area contributed by atoms with Gasteiger partial charge in [-0.05, 0) is 74.6 Å². The van der Waals surface area contributed by atoms with Gasteiger partial charge in [-0.1, -0.05) is 37.8 Å². The first-order valence-electron chi connectivity index (χ1n) is 12.6. The fourth-order valence-corrected chi connectivity index (χ4v) is 4.41. The molecule has 2 aromatic carbocycles. The van der Waals surface area contributed by atoms with Crippen LogP contribution in [0.25, 0.3) is 6.08 Å². The Bertz CT molecular complexity index is 1160. The van der Waals surface area contributed by atoms with Crippen molar-refractivity contribution in [1.29, 1.82) is 0 Å². The average Bonchev–Trinajstić information content (AvgIpc) is 3.60. The molecule has 204 valence electrons. The van der Waals surface area contributed by atoms with E-state index in [9.17, 15) is 14.4 Å². The van der Waals surface area contributed by atoms with Crippen LogP contribution in [0.3, 0.4) is 0 Å². The number of hydrogen-bond acceptors (Lipinski definition) is 6. The standard InChI is InChI=1S/C29H37N3O5S/c1-7-19-9-8-10-20(16-19)25(26(33)30-21-11-13-22(36-6)14-12-21)32(24-15-18(24)2)27(34)23(17-38)31-28(35)37-29(3,4)5/h7-14,16,18,23-25,38H,1,15,17H2,2-6H3,(H,30,33)(H,31,35). The van der Waals surface area contributed by atoms with Crippen LogP contribution in [0.1, 0.15) is 51.3 Å². The molecular formula is C29H37N3O5S. The van der Waals surface area contributed by atoms with Gasteiger partial charge in [0.1, 0.15) is 23.4 Å². The van der Waals surface area contributed by atoms with E-state index in [-0.39, 0.29) is 23.6 Å². The molecule has 0 bridgehead atoms. The number of carbonyl (C=O) groups excluding carboxylic acids is 3. The third kappa shape index (κ3) is 7.54. The molecule has 1 saturated carbocycles. The summed E-state index contributed by atoms with van der Waals surface area (Å²) in [5.41, 5.74) is 1.29. The van der Waals surface area contributed by atoms with Crippen molar-refractivity contribution in [2.24, 2.45) is 5.92 Å². The maximum atomic E-state index is 14.0. The number of nitrogens with one attached hydrogen (secondary N) is 2. The lowest BCUT2D eigenvalue weighted by molar-refractivity contribution is -0.141. The van der Waals surface area contributed by atoms with E-state index < -0.39 is 29.7 Å². The number of anilines is 1. The molecule has 0 aromatic heterocycles. The van der Waals surface area contributed by atoms with Gasteiger partial charge in [-0.2, -0.15) is 12.6 Å². The molecule has 4 atom stereocenters. The van der Waals surface area contributed by atoms with Crippen LogP contribution in [-0.2, 0) is 14.3 Å². The van der Waals surface area contributed by atoms with E-state index in [1.165, 1.54) is 0 Å². The van der Waals surface area contributed by atoms with Crippen molar-refractivity contribution in [1.82, 2.24) is 10.2 Å². The minimum Gasteiger partial charge on any atom is -0.497 e. The van der Waals surface area contributed by atoms with Crippen LogP contribution >= 0.6 is 12.6 Å². The Hall–Kier alpha value is -3.46. The third-order valence-electron chi connectivity index (χ3n) is 6.20. The molecule has 2 aromatic rings. The van der Waals surface area contributed by atoms with Crippen LogP contribution in [0.2, 0.25) is 0 Å². The highest BCUT2D eigenvalue weighted by atomic mass is 32.1. The van der Waals surface area contributed by atoms with Gasteiger partial charge in [0.15, 0.2) is 0 Å². The molecule has 0 heterocycles. The van der Waals surface area contributed by atoms with Gasteiger partial charge < -0.3 is 25.0 Å². The van der Waals surface area contributed by atoms with E-state index in [0.29, 0.717) is 17.0 Å². The SMILES string of the molecule is C=Cc1cccc(C(C(=O)Nc2ccc(OC)cc2)N(C(=O)C(CS)NC(=O)OC(C)(C)C)C2CC2C)c1. The molecule has 0 aliphatic heterocycles. The predicted octanol–water partition coefficient (Wildman–Crippen LogP) is 5.08. The van der Waals surface area contributed by atoms with Gasteiger partial charge in [0, 0.05) is 17.5 Å². The second kappa shape index (κ2) is 12.4. The highest BCUT2D eigenvalue weighted by molar-refractivity contribution is 7.80. The monoisotopic (exact) mass is 539 g/mol. The Morgan fingerprint density at radius 1 is 1.18 bits per heavy atom. The van der Waals surface area contributed by atoms with E-state index in [0.717, 1.165) is 12.0 Å². The summed E-state index contributed by atoms with van der Waals surface area (Å²) in [7, 11) is 1.57. The summed E-state index contributed by atoms with van der Waals surface area (Å²) in [4.78, 5) is 42.0. The Kier molecular flexibility index (Phi) is 9.49. The van der Waals surface area contributed by atoms with Crippen LogP contribution < -0.4 is 15.4 Å². The summed E-state index contributed by atoms with van der Waals surface area (Å²) in [6.07, 6.45) is 1.71. The second-order valence-corrected chi connectivity index (χ2v) is 10.8. The van der Waals surface area contributed by atoms with E-state index in [2.05, 4.69) is 29.8 Å². The molecule has 38 heavy (non-hydrogen) atoms. The zero-order valence-electron chi connectivity index (χ0n) is 22.6. The number of thiol groups is 1. The van der Waals surface area contributed by atoms with E-state index in [1.807, 2.05) is 31.2 Å². The molecule has 3 amide bonds. The molecule has 9 heteroatoms. The third-order valence-corrected chi connectivity index (χ3v) is 6.56. The summed E-state index contributed by atoms with van der Waals surface area (Å²) < 4.78 is 10.6. The molecule has 0 spiro atoms. The highest BCUT2D eigenvalue weighted by Crippen LogP contribution is 2.41. The quantitative estimate of drug-likeness (QED) is 0.366. The minimum absolute atomic E-state index is 0.0369. The first-order valence-corrected chi connectivity index (χ1v) is 13.2. The molecule has 1 aliphatic carbocycles. The van der Waals surface area contributed by atoms with Crippen molar-refractivity contribution in [3.63, 3.8) is 0 Å². The number of benzene rings is 2. The minimum atomic E-state index is -0.986. The van der Waals surface area contributed by atoms with E-state index in [4.69, 9.17) is 9.47 Å².